The number of nitro groups is 1. The predicted octanol–water partition coefficient (Wildman–Crippen LogP) is 1.79. The van der Waals surface area contributed by atoms with Crippen molar-refractivity contribution < 1.29 is 32.6 Å². The maximum Gasteiger partial charge on any atom is 0.358 e. The summed E-state index contributed by atoms with van der Waals surface area (Å²) in [6, 6.07) is 2.82. The van der Waals surface area contributed by atoms with Crippen molar-refractivity contribution in [3.05, 3.63) is 50.9 Å². The molecule has 1 aliphatic rings. The molecule has 1 saturated carbocycles. The Kier molecular flexibility index (Phi) is 4.11. The normalized spacial score (nSPS) is 14.2. The van der Waals surface area contributed by atoms with E-state index < -0.39 is 43.5 Å². The van der Waals surface area contributed by atoms with E-state index >= 15 is 0 Å². The Balaban J connectivity index is 2.19. The number of ketones is 1. The van der Waals surface area contributed by atoms with Crippen molar-refractivity contribution in [2.45, 2.75) is 23.7 Å². The summed E-state index contributed by atoms with van der Waals surface area (Å²) in [5, 5.41) is 23.9. The maximum absolute atomic E-state index is 12.9. The van der Waals surface area contributed by atoms with Crippen LogP contribution in [0.5, 0.6) is 0 Å². The first-order valence-electron chi connectivity index (χ1n) is 7.37. The van der Waals surface area contributed by atoms with E-state index in [-0.39, 0.29) is 22.1 Å². The third-order valence-corrected chi connectivity index (χ3v) is 5.05. The summed E-state index contributed by atoms with van der Waals surface area (Å²) in [5.41, 5.74) is -2.14. The summed E-state index contributed by atoms with van der Waals surface area (Å²) in [4.78, 5) is 34.3. The van der Waals surface area contributed by atoms with Gasteiger partial charge in [-0.05, 0) is 25.0 Å². The van der Waals surface area contributed by atoms with E-state index in [0.717, 1.165) is 24.5 Å². The molecule has 136 valence electrons. The van der Waals surface area contributed by atoms with Gasteiger partial charge in [0.25, 0.3) is 5.69 Å². The summed E-state index contributed by atoms with van der Waals surface area (Å²) >= 11 is 0. The number of aromatic carboxylic acids is 1. The lowest BCUT2D eigenvalue weighted by molar-refractivity contribution is -0.385. The van der Waals surface area contributed by atoms with Crippen LogP contribution < -0.4 is 0 Å². The number of nitro benzene ring substituents is 1. The summed E-state index contributed by atoms with van der Waals surface area (Å²) in [5.74, 6) is -2.53. The Bertz CT molecular complexity index is 1050. The lowest BCUT2D eigenvalue weighted by Crippen LogP contribution is -2.12. The van der Waals surface area contributed by atoms with Crippen LogP contribution in [0.25, 0.3) is 0 Å². The number of hydrogen-bond acceptors (Lipinski definition) is 8. The third kappa shape index (κ3) is 3.08. The molecular formula is C15H12N2O8S. The van der Waals surface area contributed by atoms with E-state index in [1.165, 1.54) is 0 Å². The minimum atomic E-state index is -3.73. The quantitative estimate of drug-likeness (QED) is 0.448. The van der Waals surface area contributed by atoms with Crippen LogP contribution in [-0.4, -0.2) is 41.6 Å². The van der Waals surface area contributed by atoms with Gasteiger partial charge in [0.15, 0.2) is 15.6 Å². The average molecular weight is 380 g/mol. The molecular weight excluding hydrogens is 368 g/mol. The van der Waals surface area contributed by atoms with Crippen LogP contribution in [0, 0.1) is 10.1 Å². The van der Waals surface area contributed by atoms with Gasteiger partial charge in [-0.25, -0.2) is 13.2 Å². The number of carboxylic acids is 1. The van der Waals surface area contributed by atoms with Gasteiger partial charge in [0, 0.05) is 18.2 Å². The molecule has 0 atom stereocenters. The minimum absolute atomic E-state index is 0.0777. The van der Waals surface area contributed by atoms with E-state index in [9.17, 15) is 33.2 Å². The fourth-order valence-electron chi connectivity index (χ4n) is 2.51. The van der Waals surface area contributed by atoms with Gasteiger partial charge in [-0.15, -0.1) is 0 Å². The second-order valence-electron chi connectivity index (χ2n) is 5.89. The number of aromatic nitrogens is 1. The van der Waals surface area contributed by atoms with Crippen molar-refractivity contribution in [2.24, 2.45) is 0 Å². The van der Waals surface area contributed by atoms with Crippen molar-refractivity contribution in [3.8, 4) is 0 Å². The monoisotopic (exact) mass is 380 g/mol. The number of benzene rings is 1. The molecule has 26 heavy (non-hydrogen) atoms. The number of nitrogens with zero attached hydrogens (tertiary/aromatic N) is 2. The van der Waals surface area contributed by atoms with Crippen LogP contribution in [0.2, 0.25) is 0 Å². The number of hydrogen-bond donors (Lipinski definition) is 1. The third-order valence-electron chi connectivity index (χ3n) is 3.93. The molecule has 11 heteroatoms. The molecule has 0 aliphatic heterocycles. The smallest absolute Gasteiger partial charge is 0.358 e. The van der Waals surface area contributed by atoms with E-state index in [4.69, 9.17) is 4.52 Å². The van der Waals surface area contributed by atoms with E-state index in [0.29, 0.717) is 12.8 Å². The summed E-state index contributed by atoms with van der Waals surface area (Å²) in [6.45, 7) is 0. The van der Waals surface area contributed by atoms with Crippen molar-refractivity contribution in [1.82, 2.24) is 5.16 Å². The van der Waals surface area contributed by atoms with Gasteiger partial charge in [0.05, 0.1) is 9.82 Å². The van der Waals surface area contributed by atoms with Crippen molar-refractivity contribution in [1.29, 1.82) is 0 Å². The molecule has 1 heterocycles. The largest absolute Gasteiger partial charge is 0.476 e. The number of carbonyl (C=O) groups excluding carboxylic acids is 1. The van der Waals surface area contributed by atoms with Gasteiger partial charge in [-0.2, -0.15) is 0 Å². The SMILES string of the molecule is CS(=O)(=O)c1ccc(C(=O)c2c(C(=O)O)noc2C2CC2)c([N+](=O)[O-])c1. The van der Waals surface area contributed by atoms with Crippen LogP contribution in [0.3, 0.4) is 0 Å². The molecule has 1 aromatic carbocycles. The van der Waals surface area contributed by atoms with Crippen LogP contribution >= 0.6 is 0 Å². The number of carbonyl (C=O) groups is 2. The van der Waals surface area contributed by atoms with Crippen LogP contribution in [0.4, 0.5) is 5.69 Å². The molecule has 0 spiro atoms. The standard InChI is InChI=1S/C15H12N2O8S/c1-26(23,24)8-4-5-9(10(6-8)17(21)22)13(18)11-12(15(19)20)16-25-14(11)7-2-3-7/h4-7H,2-3H2,1H3,(H,19,20). The fourth-order valence-corrected chi connectivity index (χ4v) is 3.15. The zero-order valence-electron chi connectivity index (χ0n) is 13.3. The summed E-state index contributed by atoms with van der Waals surface area (Å²) < 4.78 is 28.2. The Hall–Kier alpha value is -3.08. The maximum atomic E-state index is 12.9. The van der Waals surface area contributed by atoms with Crippen LogP contribution in [0.1, 0.15) is 50.9 Å². The zero-order valence-corrected chi connectivity index (χ0v) is 14.1. The van der Waals surface area contributed by atoms with Crippen molar-refractivity contribution in [3.63, 3.8) is 0 Å². The number of rotatable bonds is 6. The molecule has 0 saturated heterocycles. The first-order valence-corrected chi connectivity index (χ1v) is 9.26. The van der Waals surface area contributed by atoms with Gasteiger partial charge in [0.2, 0.25) is 11.5 Å². The van der Waals surface area contributed by atoms with Crippen LogP contribution in [-0.2, 0) is 9.84 Å². The molecule has 1 fully saturated rings. The Morgan fingerprint density at radius 2 is 2.00 bits per heavy atom. The Morgan fingerprint density at radius 1 is 1.35 bits per heavy atom. The Morgan fingerprint density at radius 3 is 2.50 bits per heavy atom. The summed E-state index contributed by atoms with van der Waals surface area (Å²) in [7, 11) is -3.73. The van der Waals surface area contributed by atoms with E-state index in [2.05, 4.69) is 5.16 Å². The molecule has 0 amide bonds. The molecule has 3 rings (SSSR count). The fraction of sp³-hybridized carbons (Fsp3) is 0.267. The van der Waals surface area contributed by atoms with Gasteiger partial charge in [-0.3, -0.25) is 14.9 Å². The number of sulfone groups is 1. The van der Waals surface area contributed by atoms with Crippen molar-refractivity contribution in [2.75, 3.05) is 6.26 Å². The van der Waals surface area contributed by atoms with Crippen LogP contribution in [0.15, 0.2) is 27.6 Å². The van der Waals surface area contributed by atoms with E-state index in [1.54, 1.807) is 0 Å². The highest BCUT2D eigenvalue weighted by atomic mass is 32.2. The molecule has 1 aliphatic carbocycles. The lowest BCUT2D eigenvalue weighted by atomic mass is 9.98. The molecule has 2 aromatic rings. The van der Waals surface area contributed by atoms with Gasteiger partial charge in [-0.1, -0.05) is 5.16 Å². The molecule has 0 unspecified atom stereocenters. The predicted molar refractivity (Wildman–Crippen MR) is 85.1 cm³/mol. The zero-order chi connectivity index (χ0) is 19.2. The average Bonchev–Trinajstić information content (AvgIpc) is 3.30. The lowest BCUT2D eigenvalue weighted by Gasteiger charge is -2.05. The first-order chi connectivity index (χ1) is 12.1. The molecule has 10 nitrogen and oxygen atoms in total. The molecule has 1 aromatic heterocycles. The second-order valence-corrected chi connectivity index (χ2v) is 7.90. The van der Waals surface area contributed by atoms with Gasteiger partial charge < -0.3 is 9.63 Å². The number of carboxylic acid groups (broad SMARTS) is 1. The summed E-state index contributed by atoms with van der Waals surface area (Å²) in [6.07, 6.45) is 2.24. The highest BCUT2D eigenvalue weighted by Crippen LogP contribution is 2.43. The topological polar surface area (TPSA) is 158 Å². The molecule has 1 N–H and O–H groups in total. The van der Waals surface area contributed by atoms with Gasteiger partial charge >= 0.3 is 5.97 Å². The van der Waals surface area contributed by atoms with Gasteiger partial charge in [0.1, 0.15) is 11.1 Å². The van der Waals surface area contributed by atoms with E-state index in [1.807, 2.05) is 0 Å². The Labute approximate surface area is 146 Å². The highest BCUT2D eigenvalue weighted by Gasteiger charge is 2.38. The minimum Gasteiger partial charge on any atom is -0.476 e. The van der Waals surface area contributed by atoms with Crippen molar-refractivity contribution >= 4 is 27.3 Å². The molecule has 0 bridgehead atoms. The second kappa shape index (κ2) is 6.02. The first kappa shape index (κ1) is 17.7. The molecule has 0 radical (unpaired) electrons. The highest BCUT2D eigenvalue weighted by molar-refractivity contribution is 7.90.